The summed E-state index contributed by atoms with van der Waals surface area (Å²) in [6, 6.07) is -1.93. The molecule has 0 amide bonds. The number of aliphatic hydroxyl groups excluding tert-OH is 1. The average Bonchev–Trinajstić information content (AvgIpc) is 2.63. The van der Waals surface area contributed by atoms with Crippen molar-refractivity contribution in [1.29, 1.82) is 0 Å². The van der Waals surface area contributed by atoms with Crippen molar-refractivity contribution in [3.05, 3.63) is 0 Å². The summed E-state index contributed by atoms with van der Waals surface area (Å²) in [6.45, 7) is 2.66. The number of hydrogen-bond acceptors (Lipinski definition) is 2. The Bertz CT molecular complexity index is 212. The number of alkyl halides is 3. The van der Waals surface area contributed by atoms with Gasteiger partial charge in [0.2, 0.25) is 0 Å². The minimum atomic E-state index is -4.35. The van der Waals surface area contributed by atoms with Gasteiger partial charge in [0.05, 0.1) is 6.61 Å². The van der Waals surface area contributed by atoms with Gasteiger partial charge in [0.15, 0.2) is 0 Å². The van der Waals surface area contributed by atoms with E-state index in [0.717, 1.165) is 25.7 Å². The Balaban J connectivity index is 2.81. The fourth-order valence-corrected chi connectivity index (χ4v) is 2.61. The largest absolute Gasteiger partial charge is 0.406 e. The van der Waals surface area contributed by atoms with Crippen LogP contribution < -0.4 is 0 Å². The molecule has 0 aromatic heterocycles. The highest BCUT2D eigenvalue weighted by Crippen LogP contribution is 2.33. The van der Waals surface area contributed by atoms with E-state index in [0.29, 0.717) is 0 Å². The van der Waals surface area contributed by atoms with Gasteiger partial charge < -0.3 is 5.11 Å². The summed E-state index contributed by atoms with van der Waals surface area (Å²) in [6.07, 6.45) is -0.745. The molecular formula is C11H20F3NO. The quantitative estimate of drug-likeness (QED) is 0.815. The van der Waals surface area contributed by atoms with Crippen LogP contribution in [0.15, 0.2) is 0 Å². The Kier molecular flexibility index (Phi) is 4.62. The van der Waals surface area contributed by atoms with Gasteiger partial charge in [-0.1, -0.05) is 12.8 Å². The van der Waals surface area contributed by atoms with Crippen molar-refractivity contribution in [3.8, 4) is 0 Å². The lowest BCUT2D eigenvalue weighted by Crippen LogP contribution is -2.54. The molecule has 0 aromatic carbocycles. The Morgan fingerprint density at radius 3 is 2.06 bits per heavy atom. The van der Waals surface area contributed by atoms with Crippen molar-refractivity contribution in [1.82, 2.24) is 4.90 Å². The third-order valence-electron chi connectivity index (χ3n) is 3.25. The molecule has 1 N–H and O–H groups in total. The van der Waals surface area contributed by atoms with Gasteiger partial charge in [0.25, 0.3) is 0 Å². The molecule has 0 spiro atoms. The van der Waals surface area contributed by atoms with Crippen molar-refractivity contribution in [3.63, 3.8) is 0 Å². The van der Waals surface area contributed by atoms with Gasteiger partial charge in [0.1, 0.15) is 6.04 Å². The van der Waals surface area contributed by atoms with E-state index in [1.54, 1.807) is 13.8 Å². The summed E-state index contributed by atoms with van der Waals surface area (Å²) in [4.78, 5) is 1.44. The van der Waals surface area contributed by atoms with Crippen LogP contribution >= 0.6 is 0 Å². The van der Waals surface area contributed by atoms with Crippen LogP contribution in [-0.2, 0) is 0 Å². The van der Waals surface area contributed by atoms with E-state index in [9.17, 15) is 13.2 Å². The van der Waals surface area contributed by atoms with Crippen LogP contribution in [0.2, 0.25) is 0 Å². The van der Waals surface area contributed by atoms with E-state index >= 15 is 0 Å². The van der Waals surface area contributed by atoms with E-state index in [2.05, 4.69) is 0 Å². The van der Waals surface area contributed by atoms with Gasteiger partial charge in [-0.05, 0) is 26.7 Å². The summed E-state index contributed by atoms with van der Waals surface area (Å²) >= 11 is 0. The van der Waals surface area contributed by atoms with Crippen LogP contribution in [0, 0.1) is 0 Å². The lowest BCUT2D eigenvalue weighted by Gasteiger charge is -2.39. The molecule has 96 valence electrons. The molecule has 1 fully saturated rings. The molecule has 0 saturated heterocycles. The van der Waals surface area contributed by atoms with Crippen LogP contribution in [0.4, 0.5) is 13.2 Å². The van der Waals surface area contributed by atoms with E-state index in [-0.39, 0.29) is 12.1 Å². The van der Waals surface area contributed by atoms with Crippen LogP contribution in [0.5, 0.6) is 0 Å². The summed E-state index contributed by atoms with van der Waals surface area (Å²) in [5.74, 6) is 0. The normalized spacial score (nSPS) is 21.0. The maximum atomic E-state index is 12.8. The molecule has 16 heavy (non-hydrogen) atoms. The van der Waals surface area contributed by atoms with Crippen LogP contribution in [0.25, 0.3) is 0 Å². The number of nitrogens with zero attached hydrogens (tertiary/aromatic N) is 1. The smallest absolute Gasteiger partial charge is 0.394 e. The van der Waals surface area contributed by atoms with Gasteiger partial charge in [-0.15, -0.1) is 0 Å². The molecule has 2 nitrogen and oxygen atoms in total. The first-order chi connectivity index (χ1) is 7.38. The summed E-state index contributed by atoms with van der Waals surface area (Å²) in [5.41, 5.74) is 0. The van der Waals surface area contributed by atoms with Crippen LogP contribution in [-0.4, -0.2) is 40.9 Å². The average molecular weight is 239 g/mol. The van der Waals surface area contributed by atoms with Crippen LogP contribution in [0.1, 0.15) is 39.5 Å². The third kappa shape index (κ3) is 3.10. The van der Waals surface area contributed by atoms with Gasteiger partial charge in [-0.3, -0.25) is 4.90 Å². The van der Waals surface area contributed by atoms with Crippen molar-refractivity contribution in [2.75, 3.05) is 6.61 Å². The molecule has 0 aliphatic heterocycles. The maximum Gasteiger partial charge on any atom is 0.406 e. The zero-order valence-electron chi connectivity index (χ0n) is 9.80. The second kappa shape index (κ2) is 5.36. The topological polar surface area (TPSA) is 23.5 Å². The zero-order valence-corrected chi connectivity index (χ0v) is 9.80. The second-order valence-electron chi connectivity index (χ2n) is 4.72. The first kappa shape index (κ1) is 13.8. The lowest BCUT2D eigenvalue weighted by atomic mass is 10.1. The standard InChI is InChI=1S/C11H20F3NO/c1-8(2)15(9-5-3-4-6-9)10(7-16)11(12,13)14/h8-10,16H,3-7H2,1-2H3. The molecule has 1 aliphatic carbocycles. The number of hydrogen-bond donors (Lipinski definition) is 1. The molecule has 0 radical (unpaired) electrons. The van der Waals surface area contributed by atoms with E-state index in [1.807, 2.05) is 0 Å². The summed E-state index contributed by atoms with van der Waals surface area (Å²) in [7, 11) is 0. The molecule has 5 heteroatoms. The Morgan fingerprint density at radius 1 is 1.25 bits per heavy atom. The van der Waals surface area contributed by atoms with E-state index < -0.39 is 18.8 Å². The number of halogens is 3. The lowest BCUT2D eigenvalue weighted by molar-refractivity contribution is -0.203. The molecule has 1 rings (SSSR count). The molecule has 1 unspecified atom stereocenters. The van der Waals surface area contributed by atoms with E-state index in [1.165, 1.54) is 4.90 Å². The Labute approximate surface area is 94.4 Å². The predicted molar refractivity (Wildman–Crippen MR) is 56.2 cm³/mol. The van der Waals surface area contributed by atoms with Crippen molar-refractivity contribution < 1.29 is 18.3 Å². The molecular weight excluding hydrogens is 219 g/mol. The van der Waals surface area contributed by atoms with E-state index in [4.69, 9.17) is 5.11 Å². The molecule has 1 atom stereocenters. The van der Waals surface area contributed by atoms with Crippen molar-refractivity contribution >= 4 is 0 Å². The maximum absolute atomic E-state index is 12.8. The second-order valence-corrected chi connectivity index (χ2v) is 4.72. The van der Waals surface area contributed by atoms with Gasteiger partial charge in [-0.2, -0.15) is 13.2 Å². The minimum absolute atomic E-state index is 0.0289. The fraction of sp³-hybridized carbons (Fsp3) is 1.00. The third-order valence-corrected chi connectivity index (χ3v) is 3.25. The first-order valence-corrected chi connectivity index (χ1v) is 5.83. The highest BCUT2D eigenvalue weighted by atomic mass is 19.4. The number of rotatable bonds is 4. The summed E-state index contributed by atoms with van der Waals surface area (Å²) in [5, 5.41) is 8.98. The highest BCUT2D eigenvalue weighted by molar-refractivity contribution is 4.88. The van der Waals surface area contributed by atoms with Crippen LogP contribution in [0.3, 0.4) is 0 Å². The molecule has 0 aromatic rings. The molecule has 0 bridgehead atoms. The van der Waals surface area contributed by atoms with Crippen molar-refractivity contribution in [2.45, 2.75) is 63.8 Å². The van der Waals surface area contributed by atoms with Gasteiger partial charge in [-0.25, -0.2) is 0 Å². The van der Waals surface area contributed by atoms with Crippen molar-refractivity contribution in [2.24, 2.45) is 0 Å². The Morgan fingerprint density at radius 2 is 1.75 bits per heavy atom. The molecule has 0 heterocycles. The first-order valence-electron chi connectivity index (χ1n) is 5.83. The molecule has 1 aliphatic rings. The summed E-state index contributed by atoms with van der Waals surface area (Å²) < 4.78 is 38.3. The number of aliphatic hydroxyl groups is 1. The predicted octanol–water partition coefficient (Wildman–Crippen LogP) is 2.56. The fourth-order valence-electron chi connectivity index (χ4n) is 2.61. The monoisotopic (exact) mass is 239 g/mol. The van der Waals surface area contributed by atoms with Gasteiger partial charge in [0, 0.05) is 12.1 Å². The highest BCUT2D eigenvalue weighted by Gasteiger charge is 2.46. The Hall–Kier alpha value is -0.290. The molecule has 1 saturated carbocycles. The SMILES string of the molecule is CC(C)N(C1CCCC1)C(CO)C(F)(F)F. The minimum Gasteiger partial charge on any atom is -0.394 e. The zero-order chi connectivity index (χ0) is 12.3. The van der Waals surface area contributed by atoms with Gasteiger partial charge >= 0.3 is 6.18 Å².